The van der Waals surface area contributed by atoms with Crippen LogP contribution in [-0.4, -0.2) is 30.6 Å². The molecule has 3 heterocycles. The largest absolute Gasteiger partial charge is 0.438 e. The number of rotatable bonds is 4. The van der Waals surface area contributed by atoms with Crippen molar-refractivity contribution in [1.82, 2.24) is 14.3 Å². The molecule has 1 amide bonds. The van der Waals surface area contributed by atoms with Crippen LogP contribution in [0.2, 0.25) is 0 Å². The number of fused-ring (bicyclic) bond motifs is 1. The molecule has 1 aliphatic heterocycles. The third-order valence-corrected chi connectivity index (χ3v) is 6.88. The molecular formula is C23H18FN3O3S2. The van der Waals surface area contributed by atoms with Crippen LogP contribution < -0.4 is 10.3 Å². The van der Waals surface area contributed by atoms with E-state index >= 15 is 0 Å². The Morgan fingerprint density at radius 3 is 2.62 bits per heavy atom. The van der Waals surface area contributed by atoms with Crippen LogP contribution in [-0.2, 0) is 4.79 Å². The molecule has 9 heteroatoms. The molecule has 1 aliphatic carbocycles. The molecule has 0 unspecified atom stereocenters. The number of hydrogen-bond acceptors (Lipinski definition) is 6. The maximum absolute atomic E-state index is 13.3. The first kappa shape index (κ1) is 20.8. The molecule has 0 atom stereocenters. The molecule has 6 nitrogen and oxygen atoms in total. The van der Waals surface area contributed by atoms with Gasteiger partial charge in [0, 0.05) is 12.2 Å². The fourth-order valence-corrected chi connectivity index (χ4v) is 5.37. The minimum Gasteiger partial charge on any atom is -0.438 e. The third kappa shape index (κ3) is 3.82. The van der Waals surface area contributed by atoms with Gasteiger partial charge in [-0.2, -0.15) is 4.98 Å². The number of halogens is 1. The Morgan fingerprint density at radius 2 is 1.88 bits per heavy atom. The summed E-state index contributed by atoms with van der Waals surface area (Å²) in [7, 11) is 0. The Bertz CT molecular complexity index is 1310. The number of carbonyl (C=O) groups is 1. The highest BCUT2D eigenvalue weighted by molar-refractivity contribution is 8.26. The highest BCUT2D eigenvalue weighted by Crippen LogP contribution is 2.38. The quantitative estimate of drug-likeness (QED) is 0.407. The number of thioether (sulfide) groups is 1. The second kappa shape index (κ2) is 8.48. The van der Waals surface area contributed by atoms with Gasteiger partial charge in [-0.1, -0.05) is 42.9 Å². The van der Waals surface area contributed by atoms with E-state index in [2.05, 4.69) is 4.98 Å². The van der Waals surface area contributed by atoms with Crippen LogP contribution >= 0.6 is 24.0 Å². The molecule has 0 spiro atoms. The average Bonchev–Trinajstić information content (AvgIpc) is 3.40. The number of amides is 1. The van der Waals surface area contributed by atoms with Gasteiger partial charge in [0.15, 0.2) is 0 Å². The molecule has 2 fully saturated rings. The smallest absolute Gasteiger partial charge is 0.269 e. The predicted octanol–water partition coefficient (Wildman–Crippen LogP) is 4.77. The number of pyridine rings is 1. The number of aromatic nitrogens is 2. The highest BCUT2D eigenvalue weighted by atomic mass is 32.2. The van der Waals surface area contributed by atoms with Crippen molar-refractivity contribution in [2.45, 2.75) is 31.7 Å². The van der Waals surface area contributed by atoms with E-state index in [4.69, 9.17) is 17.0 Å². The van der Waals surface area contributed by atoms with Crippen molar-refractivity contribution in [2.75, 3.05) is 0 Å². The van der Waals surface area contributed by atoms with Crippen molar-refractivity contribution in [2.24, 2.45) is 0 Å². The Labute approximate surface area is 192 Å². The first-order chi connectivity index (χ1) is 15.5. The molecule has 1 saturated carbocycles. The molecule has 2 aliphatic rings. The molecule has 1 saturated heterocycles. The fraction of sp³-hybridized carbons (Fsp3) is 0.217. The summed E-state index contributed by atoms with van der Waals surface area (Å²) in [5.74, 6) is -0.234. The summed E-state index contributed by atoms with van der Waals surface area (Å²) in [6.07, 6.45) is 7.12. The lowest BCUT2D eigenvalue weighted by atomic mass is 10.2. The zero-order chi connectivity index (χ0) is 22.2. The van der Waals surface area contributed by atoms with Crippen LogP contribution in [0, 0.1) is 5.82 Å². The first-order valence-corrected chi connectivity index (χ1v) is 11.5. The molecule has 5 rings (SSSR count). The van der Waals surface area contributed by atoms with Gasteiger partial charge >= 0.3 is 0 Å². The van der Waals surface area contributed by atoms with Crippen molar-refractivity contribution in [3.8, 4) is 11.6 Å². The first-order valence-electron chi connectivity index (χ1n) is 10.2. The normalized spacial score (nSPS) is 18.3. The average molecular weight is 468 g/mol. The van der Waals surface area contributed by atoms with E-state index in [9.17, 15) is 14.0 Å². The van der Waals surface area contributed by atoms with Crippen molar-refractivity contribution in [3.63, 3.8) is 0 Å². The number of ether oxygens (including phenoxy) is 1. The van der Waals surface area contributed by atoms with Gasteiger partial charge in [-0.25, -0.2) is 4.39 Å². The van der Waals surface area contributed by atoms with Crippen LogP contribution in [0.4, 0.5) is 4.39 Å². The van der Waals surface area contributed by atoms with E-state index in [1.807, 2.05) is 0 Å². The molecule has 0 N–H and O–H groups in total. The summed E-state index contributed by atoms with van der Waals surface area (Å²) in [6, 6.07) is 10.7. The second-order valence-corrected chi connectivity index (χ2v) is 9.29. The summed E-state index contributed by atoms with van der Waals surface area (Å²) in [4.78, 5) is 32.9. The summed E-state index contributed by atoms with van der Waals surface area (Å²) in [6.45, 7) is 0. The van der Waals surface area contributed by atoms with Crippen LogP contribution in [0.3, 0.4) is 0 Å². The van der Waals surface area contributed by atoms with Gasteiger partial charge in [-0.15, -0.1) is 0 Å². The Hall–Kier alpha value is -3.04. The Morgan fingerprint density at radius 1 is 1.12 bits per heavy atom. The van der Waals surface area contributed by atoms with Crippen molar-refractivity contribution in [1.29, 1.82) is 0 Å². The van der Waals surface area contributed by atoms with Crippen molar-refractivity contribution < 1.29 is 13.9 Å². The van der Waals surface area contributed by atoms with Crippen LogP contribution in [0.5, 0.6) is 11.6 Å². The van der Waals surface area contributed by atoms with Gasteiger partial charge in [-0.3, -0.25) is 18.9 Å². The molecule has 162 valence electrons. The molecule has 0 radical (unpaired) electrons. The number of thiocarbonyl (C=S) groups is 1. The molecular weight excluding hydrogens is 449 g/mol. The van der Waals surface area contributed by atoms with E-state index in [0.29, 0.717) is 20.6 Å². The lowest BCUT2D eigenvalue weighted by molar-refractivity contribution is -0.123. The monoisotopic (exact) mass is 467 g/mol. The van der Waals surface area contributed by atoms with Gasteiger partial charge in [0.05, 0.1) is 4.91 Å². The van der Waals surface area contributed by atoms with Gasteiger partial charge in [0.25, 0.3) is 11.5 Å². The number of nitrogens with zero attached hydrogens (tertiary/aromatic N) is 3. The Kier molecular flexibility index (Phi) is 5.52. The van der Waals surface area contributed by atoms with Gasteiger partial charge < -0.3 is 4.74 Å². The van der Waals surface area contributed by atoms with Gasteiger partial charge in [0.2, 0.25) is 5.88 Å². The van der Waals surface area contributed by atoms with Crippen LogP contribution in [0.1, 0.15) is 31.2 Å². The highest BCUT2D eigenvalue weighted by Gasteiger charge is 2.38. The van der Waals surface area contributed by atoms with Crippen LogP contribution in [0.25, 0.3) is 11.7 Å². The summed E-state index contributed by atoms with van der Waals surface area (Å²) >= 11 is 6.65. The van der Waals surface area contributed by atoms with E-state index in [-0.39, 0.29) is 29.0 Å². The summed E-state index contributed by atoms with van der Waals surface area (Å²) < 4.78 is 21.0. The lowest BCUT2D eigenvalue weighted by Gasteiger charge is -2.21. The lowest BCUT2D eigenvalue weighted by Crippen LogP contribution is -2.36. The number of carbonyl (C=O) groups excluding carboxylic acids is 1. The molecule has 0 bridgehead atoms. The topological polar surface area (TPSA) is 63.9 Å². The van der Waals surface area contributed by atoms with E-state index < -0.39 is 5.82 Å². The zero-order valence-electron chi connectivity index (χ0n) is 16.9. The van der Waals surface area contributed by atoms with E-state index in [0.717, 1.165) is 25.7 Å². The van der Waals surface area contributed by atoms with Gasteiger partial charge in [-0.05, 0) is 55.3 Å². The number of benzene rings is 1. The van der Waals surface area contributed by atoms with Gasteiger partial charge in [0.1, 0.15) is 27.1 Å². The fourth-order valence-electron chi connectivity index (χ4n) is 3.99. The second-order valence-electron chi connectivity index (χ2n) is 7.61. The minimum atomic E-state index is -0.403. The molecule has 1 aromatic carbocycles. The Balaban J connectivity index is 1.60. The van der Waals surface area contributed by atoms with Crippen LogP contribution in [0.15, 0.2) is 58.4 Å². The van der Waals surface area contributed by atoms with E-state index in [1.54, 1.807) is 29.3 Å². The standard InChI is InChI=1S/C23H18FN3O3S2/c24-14-8-10-16(11-9-14)30-20-17(21(28)26-12-4-3-7-19(26)25-20)13-18-22(29)27(23(31)32-18)15-5-1-2-6-15/h3-4,7-13,15H,1-2,5-6H2/b18-13-. The van der Waals surface area contributed by atoms with E-state index in [1.165, 1.54) is 46.5 Å². The van der Waals surface area contributed by atoms with Crippen molar-refractivity contribution >= 4 is 45.9 Å². The predicted molar refractivity (Wildman–Crippen MR) is 125 cm³/mol. The molecule has 2 aromatic heterocycles. The summed E-state index contributed by atoms with van der Waals surface area (Å²) in [5.41, 5.74) is 0.147. The summed E-state index contributed by atoms with van der Waals surface area (Å²) in [5, 5.41) is 0. The maximum atomic E-state index is 13.3. The SMILES string of the molecule is O=C1/C(=C/c2c(Oc3ccc(F)cc3)nc3ccccn3c2=O)SC(=S)N1C1CCCC1. The maximum Gasteiger partial charge on any atom is 0.269 e. The third-order valence-electron chi connectivity index (χ3n) is 5.55. The number of hydrogen-bond donors (Lipinski definition) is 0. The zero-order valence-corrected chi connectivity index (χ0v) is 18.5. The van der Waals surface area contributed by atoms with Crippen molar-refractivity contribution in [3.05, 3.63) is 75.3 Å². The molecule has 3 aromatic rings. The minimum absolute atomic E-state index is 0.0407. The molecule has 32 heavy (non-hydrogen) atoms.